The van der Waals surface area contributed by atoms with Crippen LogP contribution in [0.15, 0.2) is 15.0 Å². The van der Waals surface area contributed by atoms with E-state index >= 15 is 0 Å². The van der Waals surface area contributed by atoms with Crippen molar-refractivity contribution in [1.29, 1.82) is 0 Å². The van der Waals surface area contributed by atoms with Crippen molar-refractivity contribution < 1.29 is 8.81 Å². The third kappa shape index (κ3) is 2.09. The summed E-state index contributed by atoms with van der Waals surface area (Å²) in [6.07, 6.45) is 0.702. The van der Waals surface area contributed by atoms with E-state index in [1.165, 1.54) is 6.07 Å². The van der Waals surface area contributed by atoms with Gasteiger partial charge in [-0.15, -0.1) is 0 Å². The second-order valence-electron chi connectivity index (χ2n) is 3.75. The van der Waals surface area contributed by atoms with E-state index in [4.69, 9.17) is 16.0 Å². The van der Waals surface area contributed by atoms with Gasteiger partial charge in [-0.25, -0.2) is 4.39 Å². The fraction of sp³-hybridized carbons (Fsp3) is 0.333. The first-order valence-corrected chi connectivity index (χ1v) is 6.49. The third-order valence-corrected chi connectivity index (χ3v) is 3.54. The van der Waals surface area contributed by atoms with Crippen LogP contribution in [0.2, 0.25) is 5.02 Å². The van der Waals surface area contributed by atoms with Crippen LogP contribution in [-0.4, -0.2) is 7.05 Å². The van der Waals surface area contributed by atoms with Crippen LogP contribution in [-0.2, 0) is 13.0 Å². The van der Waals surface area contributed by atoms with Crippen molar-refractivity contribution in [1.82, 2.24) is 5.32 Å². The third-order valence-electron chi connectivity index (χ3n) is 2.68. The van der Waals surface area contributed by atoms with Gasteiger partial charge in [0.2, 0.25) is 0 Å². The molecular formula is C12H12BrClFNO. The molecule has 0 radical (unpaired) electrons. The van der Waals surface area contributed by atoms with Crippen molar-refractivity contribution >= 4 is 38.5 Å². The van der Waals surface area contributed by atoms with Crippen LogP contribution in [0.5, 0.6) is 0 Å². The number of rotatable bonds is 3. The van der Waals surface area contributed by atoms with E-state index in [1.54, 1.807) is 0 Å². The van der Waals surface area contributed by atoms with Crippen molar-refractivity contribution in [2.75, 3.05) is 7.05 Å². The number of fused-ring (bicyclic) bond motifs is 1. The van der Waals surface area contributed by atoms with E-state index < -0.39 is 0 Å². The molecule has 1 aromatic heterocycles. The van der Waals surface area contributed by atoms with Crippen molar-refractivity contribution in [3.8, 4) is 0 Å². The number of aryl methyl sites for hydroxylation is 1. The number of hydrogen-bond donors (Lipinski definition) is 1. The van der Waals surface area contributed by atoms with Gasteiger partial charge in [-0.3, -0.25) is 0 Å². The molecule has 0 aliphatic carbocycles. The lowest BCUT2D eigenvalue weighted by atomic mass is 10.1. The molecule has 1 aromatic carbocycles. The Morgan fingerprint density at radius 1 is 1.53 bits per heavy atom. The van der Waals surface area contributed by atoms with Gasteiger partial charge in [0.05, 0.1) is 21.4 Å². The molecule has 0 saturated heterocycles. The molecule has 0 aliphatic rings. The molecular weight excluding hydrogens is 308 g/mol. The van der Waals surface area contributed by atoms with Gasteiger partial charge in [-0.2, -0.15) is 0 Å². The van der Waals surface area contributed by atoms with E-state index in [1.807, 2.05) is 14.0 Å². The van der Waals surface area contributed by atoms with Gasteiger partial charge >= 0.3 is 0 Å². The van der Waals surface area contributed by atoms with Crippen molar-refractivity contribution in [3.05, 3.63) is 32.7 Å². The zero-order valence-electron chi connectivity index (χ0n) is 9.53. The predicted molar refractivity (Wildman–Crippen MR) is 71.0 cm³/mol. The molecule has 92 valence electrons. The summed E-state index contributed by atoms with van der Waals surface area (Å²) in [5, 5.41) is 3.91. The second-order valence-corrected chi connectivity index (χ2v) is 5.01. The van der Waals surface area contributed by atoms with Crippen molar-refractivity contribution in [3.63, 3.8) is 0 Å². The fourth-order valence-corrected chi connectivity index (χ4v) is 2.75. The Balaban J connectivity index is 2.82. The zero-order chi connectivity index (χ0) is 12.6. The lowest BCUT2D eigenvalue weighted by Crippen LogP contribution is -2.05. The quantitative estimate of drug-likeness (QED) is 0.854. The van der Waals surface area contributed by atoms with Crippen molar-refractivity contribution in [2.24, 2.45) is 0 Å². The summed E-state index contributed by atoms with van der Waals surface area (Å²) < 4.78 is 20.1. The second kappa shape index (κ2) is 4.96. The number of hydrogen-bond acceptors (Lipinski definition) is 2. The summed E-state index contributed by atoms with van der Waals surface area (Å²) in [5.41, 5.74) is 1.30. The number of halogens is 3. The van der Waals surface area contributed by atoms with Gasteiger partial charge in [0.1, 0.15) is 11.6 Å². The number of nitrogens with one attached hydrogen (secondary N) is 1. The van der Waals surface area contributed by atoms with E-state index in [0.717, 1.165) is 11.3 Å². The van der Waals surface area contributed by atoms with Gasteiger partial charge in [-0.05, 0) is 35.5 Å². The average Bonchev–Trinajstić information content (AvgIpc) is 2.66. The molecule has 0 spiro atoms. The van der Waals surface area contributed by atoms with E-state index in [2.05, 4.69) is 21.2 Å². The minimum absolute atomic E-state index is 0.313. The lowest BCUT2D eigenvalue weighted by Gasteiger charge is -2.00. The molecule has 0 unspecified atom stereocenters. The molecule has 0 saturated carbocycles. The molecule has 0 atom stereocenters. The molecule has 0 bridgehead atoms. The summed E-state index contributed by atoms with van der Waals surface area (Å²) >= 11 is 9.23. The summed E-state index contributed by atoms with van der Waals surface area (Å²) in [6, 6.07) is 1.52. The standard InChI is InChI=1S/C12H12BrClFNO/c1-3-6-9(5-16-2)17-12-8(14)4-7(13)11(15)10(6)12/h4,16H,3,5H2,1-2H3. The smallest absolute Gasteiger partial charge is 0.156 e. The highest BCUT2D eigenvalue weighted by Gasteiger charge is 2.20. The Hall–Kier alpha value is -0.580. The monoisotopic (exact) mass is 319 g/mol. The van der Waals surface area contributed by atoms with Gasteiger partial charge in [0, 0.05) is 5.56 Å². The highest BCUT2D eigenvalue weighted by Crippen LogP contribution is 2.37. The summed E-state index contributed by atoms with van der Waals surface area (Å²) in [4.78, 5) is 0. The first-order chi connectivity index (χ1) is 8.10. The van der Waals surface area contributed by atoms with Crippen molar-refractivity contribution in [2.45, 2.75) is 19.9 Å². The molecule has 0 amide bonds. The maximum atomic E-state index is 14.1. The Bertz CT molecular complexity index is 567. The summed E-state index contributed by atoms with van der Waals surface area (Å²) in [7, 11) is 1.82. The Morgan fingerprint density at radius 3 is 2.82 bits per heavy atom. The minimum atomic E-state index is -0.313. The SMILES string of the molecule is CCc1c(CNC)oc2c(Cl)cc(Br)c(F)c12. The molecule has 1 heterocycles. The van der Waals surface area contributed by atoms with Crippen LogP contribution in [0.25, 0.3) is 11.0 Å². The van der Waals surface area contributed by atoms with Gasteiger partial charge < -0.3 is 9.73 Å². The number of benzene rings is 1. The normalized spacial score (nSPS) is 11.4. The molecule has 17 heavy (non-hydrogen) atoms. The summed E-state index contributed by atoms with van der Waals surface area (Å²) in [5.74, 6) is 0.427. The first kappa shape index (κ1) is 12.9. The van der Waals surface area contributed by atoms with Crippen LogP contribution >= 0.6 is 27.5 Å². The predicted octanol–water partition coefficient (Wildman–Crippen LogP) is 4.27. The molecule has 5 heteroatoms. The highest BCUT2D eigenvalue weighted by molar-refractivity contribution is 9.10. The van der Waals surface area contributed by atoms with Crippen LogP contribution in [0, 0.1) is 5.82 Å². The van der Waals surface area contributed by atoms with Gasteiger partial charge in [0.15, 0.2) is 5.58 Å². The van der Waals surface area contributed by atoms with Gasteiger partial charge in [-0.1, -0.05) is 18.5 Å². The molecule has 0 aliphatic heterocycles. The largest absolute Gasteiger partial charge is 0.458 e. The van der Waals surface area contributed by atoms with Crippen LogP contribution < -0.4 is 5.32 Å². The van der Waals surface area contributed by atoms with Crippen LogP contribution in [0.4, 0.5) is 4.39 Å². The topological polar surface area (TPSA) is 25.2 Å². The lowest BCUT2D eigenvalue weighted by molar-refractivity contribution is 0.524. The zero-order valence-corrected chi connectivity index (χ0v) is 11.9. The maximum absolute atomic E-state index is 14.1. The average molecular weight is 321 g/mol. The molecule has 2 rings (SSSR count). The first-order valence-electron chi connectivity index (χ1n) is 5.32. The Kier molecular flexibility index (Phi) is 3.76. The molecule has 1 N–H and O–H groups in total. The molecule has 2 aromatic rings. The Morgan fingerprint density at radius 2 is 2.24 bits per heavy atom. The fourth-order valence-electron chi connectivity index (χ4n) is 1.95. The van der Waals surface area contributed by atoms with Crippen LogP contribution in [0.1, 0.15) is 18.2 Å². The highest BCUT2D eigenvalue weighted by atomic mass is 79.9. The maximum Gasteiger partial charge on any atom is 0.156 e. The van der Waals surface area contributed by atoms with E-state index in [-0.39, 0.29) is 5.82 Å². The Labute approximate surface area is 112 Å². The van der Waals surface area contributed by atoms with Crippen LogP contribution in [0.3, 0.4) is 0 Å². The number of furan rings is 1. The summed E-state index contributed by atoms with van der Waals surface area (Å²) in [6.45, 7) is 2.53. The minimum Gasteiger partial charge on any atom is -0.458 e. The van der Waals surface area contributed by atoms with Gasteiger partial charge in [0.25, 0.3) is 0 Å². The van der Waals surface area contributed by atoms with E-state index in [0.29, 0.717) is 33.4 Å². The van der Waals surface area contributed by atoms with E-state index in [9.17, 15) is 4.39 Å². The molecule has 2 nitrogen and oxygen atoms in total. The molecule has 0 fully saturated rings.